The third-order valence-electron chi connectivity index (χ3n) is 4.83. The molecule has 7 nitrogen and oxygen atoms in total. The summed E-state index contributed by atoms with van der Waals surface area (Å²) in [5.74, 6) is 0.741. The number of hydrogen-bond donors (Lipinski definition) is 2. The van der Waals surface area contributed by atoms with E-state index in [-0.39, 0.29) is 0 Å². The molecule has 1 aliphatic carbocycles. The summed E-state index contributed by atoms with van der Waals surface area (Å²) in [6.07, 6.45) is 3.88. The van der Waals surface area contributed by atoms with Crippen LogP contribution in [0.5, 0.6) is 0 Å². The van der Waals surface area contributed by atoms with Gasteiger partial charge in [-0.2, -0.15) is 0 Å². The van der Waals surface area contributed by atoms with Gasteiger partial charge in [0, 0.05) is 22.2 Å². The Morgan fingerprint density at radius 2 is 1.88 bits per heavy atom. The van der Waals surface area contributed by atoms with Crippen LogP contribution in [-0.2, 0) is 4.74 Å². The molecule has 8 heteroatoms. The standard InChI is InChI=1S/C24H23N5O2S/c1-31-23(30)17-8-5-9-18(12-17)32-24-27-20(16-6-3-2-4-7-16)14-22(29-24)28-21(26)13-19(25)15-10-11-15/h2-9,12-15H,10-11,25H2,1H3,(H2,26,27,28,29)/b19-13-. The van der Waals surface area contributed by atoms with Crippen LogP contribution in [0.2, 0.25) is 0 Å². The van der Waals surface area contributed by atoms with E-state index in [0.717, 1.165) is 34.7 Å². The first-order valence-corrected chi connectivity index (χ1v) is 11.0. The highest BCUT2D eigenvalue weighted by Gasteiger charge is 2.24. The highest BCUT2D eigenvalue weighted by atomic mass is 32.2. The number of rotatable bonds is 7. The maximum Gasteiger partial charge on any atom is 0.337 e. The van der Waals surface area contributed by atoms with Gasteiger partial charge in [0.15, 0.2) is 11.0 Å². The van der Waals surface area contributed by atoms with Gasteiger partial charge >= 0.3 is 5.97 Å². The van der Waals surface area contributed by atoms with Gasteiger partial charge in [-0.1, -0.05) is 36.4 Å². The van der Waals surface area contributed by atoms with E-state index in [4.69, 9.17) is 16.2 Å². The molecule has 0 saturated heterocycles. The van der Waals surface area contributed by atoms with E-state index in [1.165, 1.54) is 18.9 Å². The van der Waals surface area contributed by atoms with Gasteiger partial charge in [0.05, 0.1) is 18.4 Å². The number of carbonyl (C=O) groups is 1. The number of aromatic nitrogens is 2. The molecule has 0 unspecified atom stereocenters. The first-order chi connectivity index (χ1) is 15.5. The van der Waals surface area contributed by atoms with Crippen LogP contribution in [0.1, 0.15) is 23.2 Å². The zero-order valence-electron chi connectivity index (χ0n) is 17.6. The Morgan fingerprint density at radius 1 is 1.09 bits per heavy atom. The van der Waals surface area contributed by atoms with Gasteiger partial charge in [-0.15, -0.1) is 0 Å². The Bertz CT molecular complexity index is 1190. The van der Waals surface area contributed by atoms with Crippen LogP contribution in [-0.4, -0.2) is 28.9 Å². The minimum Gasteiger partial charge on any atom is -0.465 e. The third kappa shape index (κ3) is 5.53. The van der Waals surface area contributed by atoms with Crippen molar-refractivity contribution in [2.75, 3.05) is 7.11 Å². The highest BCUT2D eigenvalue weighted by molar-refractivity contribution is 7.99. The summed E-state index contributed by atoms with van der Waals surface area (Å²) in [5.41, 5.74) is 15.0. The van der Waals surface area contributed by atoms with Gasteiger partial charge in [0.2, 0.25) is 0 Å². The molecule has 0 radical (unpaired) electrons. The molecule has 2 aromatic carbocycles. The van der Waals surface area contributed by atoms with Crippen LogP contribution < -0.4 is 11.5 Å². The molecule has 0 amide bonds. The van der Waals surface area contributed by atoms with Crippen molar-refractivity contribution in [2.45, 2.75) is 22.9 Å². The lowest BCUT2D eigenvalue weighted by atomic mass is 10.1. The number of hydrogen-bond acceptors (Lipinski definition) is 7. The summed E-state index contributed by atoms with van der Waals surface area (Å²) in [6, 6.07) is 18.7. The largest absolute Gasteiger partial charge is 0.465 e. The van der Waals surface area contributed by atoms with Crippen molar-refractivity contribution in [1.29, 1.82) is 0 Å². The van der Waals surface area contributed by atoms with Crippen molar-refractivity contribution in [3.8, 4) is 11.3 Å². The zero-order chi connectivity index (χ0) is 22.5. The van der Waals surface area contributed by atoms with Gasteiger partial charge in [-0.3, -0.25) is 0 Å². The quantitative estimate of drug-likeness (QED) is 0.241. The Kier molecular flexibility index (Phi) is 6.51. The van der Waals surface area contributed by atoms with Gasteiger partial charge in [0.25, 0.3) is 0 Å². The molecular formula is C24H23N5O2S. The molecule has 32 heavy (non-hydrogen) atoms. The number of benzene rings is 2. The lowest BCUT2D eigenvalue weighted by Crippen LogP contribution is -2.12. The van der Waals surface area contributed by atoms with Crippen molar-refractivity contribution in [1.82, 2.24) is 9.97 Å². The van der Waals surface area contributed by atoms with E-state index in [1.54, 1.807) is 30.3 Å². The summed E-state index contributed by atoms with van der Waals surface area (Å²) >= 11 is 1.33. The van der Waals surface area contributed by atoms with E-state index in [1.807, 2.05) is 36.4 Å². The molecule has 1 aliphatic rings. The molecule has 1 fully saturated rings. The lowest BCUT2D eigenvalue weighted by molar-refractivity contribution is 0.0600. The third-order valence-corrected chi connectivity index (χ3v) is 5.69. The van der Waals surface area contributed by atoms with E-state index in [9.17, 15) is 4.79 Å². The molecule has 0 atom stereocenters. The minimum absolute atomic E-state index is 0.302. The maximum atomic E-state index is 11.9. The predicted octanol–water partition coefficient (Wildman–Crippen LogP) is 4.32. The molecule has 0 spiro atoms. The number of allylic oxidation sites excluding steroid dienone is 1. The fourth-order valence-electron chi connectivity index (χ4n) is 3.05. The average Bonchev–Trinajstić information content (AvgIpc) is 3.65. The normalized spacial score (nSPS) is 14.3. The molecule has 1 saturated carbocycles. The molecule has 162 valence electrons. The van der Waals surface area contributed by atoms with Crippen molar-refractivity contribution < 1.29 is 9.53 Å². The van der Waals surface area contributed by atoms with Crippen LogP contribution >= 0.6 is 11.8 Å². The van der Waals surface area contributed by atoms with Crippen LogP contribution in [0.25, 0.3) is 11.3 Å². The Hall–Kier alpha value is -3.65. The van der Waals surface area contributed by atoms with Crippen molar-refractivity contribution in [3.05, 3.63) is 78.0 Å². The number of nitrogens with zero attached hydrogens (tertiary/aromatic N) is 3. The van der Waals surface area contributed by atoms with Crippen LogP contribution in [0.4, 0.5) is 5.82 Å². The molecule has 4 rings (SSSR count). The molecular weight excluding hydrogens is 422 g/mol. The molecule has 0 bridgehead atoms. The second kappa shape index (κ2) is 9.65. The number of nitrogens with two attached hydrogens (primary N) is 2. The van der Waals surface area contributed by atoms with Crippen LogP contribution in [0.3, 0.4) is 0 Å². The van der Waals surface area contributed by atoms with Crippen molar-refractivity contribution in [3.63, 3.8) is 0 Å². The smallest absolute Gasteiger partial charge is 0.337 e. The molecule has 1 heterocycles. The fraction of sp³-hybridized carbons (Fsp3) is 0.167. The topological polar surface area (TPSA) is 116 Å². The van der Waals surface area contributed by atoms with E-state index in [0.29, 0.717) is 28.3 Å². The number of esters is 1. The van der Waals surface area contributed by atoms with Gasteiger partial charge in [-0.05, 0) is 54.8 Å². The zero-order valence-corrected chi connectivity index (χ0v) is 18.4. The van der Waals surface area contributed by atoms with Crippen molar-refractivity contribution >= 4 is 29.4 Å². The summed E-state index contributed by atoms with van der Waals surface area (Å²) in [5, 5.41) is 0.485. The average molecular weight is 446 g/mol. The van der Waals surface area contributed by atoms with Gasteiger partial charge < -0.3 is 16.2 Å². The fourth-order valence-corrected chi connectivity index (χ4v) is 3.88. The number of aliphatic imine (C=N–C) groups is 1. The van der Waals surface area contributed by atoms with Crippen LogP contribution in [0.15, 0.2) is 87.5 Å². The number of methoxy groups -OCH3 is 1. The van der Waals surface area contributed by atoms with Crippen LogP contribution in [0, 0.1) is 5.92 Å². The van der Waals surface area contributed by atoms with Gasteiger partial charge in [-0.25, -0.2) is 19.8 Å². The van der Waals surface area contributed by atoms with E-state index in [2.05, 4.69) is 15.0 Å². The van der Waals surface area contributed by atoms with E-state index < -0.39 is 5.97 Å². The first-order valence-electron chi connectivity index (χ1n) is 10.1. The summed E-state index contributed by atoms with van der Waals surface area (Å²) in [6.45, 7) is 0. The first kappa shape index (κ1) is 21.6. The second-order valence-corrected chi connectivity index (χ2v) is 8.38. The summed E-state index contributed by atoms with van der Waals surface area (Å²) in [4.78, 5) is 26.4. The Balaban J connectivity index is 1.69. The molecule has 4 N–H and O–H groups in total. The number of ether oxygens (including phenoxy) is 1. The second-order valence-electron chi connectivity index (χ2n) is 7.34. The lowest BCUT2D eigenvalue weighted by Gasteiger charge is -2.07. The van der Waals surface area contributed by atoms with Crippen molar-refractivity contribution in [2.24, 2.45) is 22.4 Å². The summed E-state index contributed by atoms with van der Waals surface area (Å²) < 4.78 is 4.81. The monoisotopic (exact) mass is 445 g/mol. The number of amidine groups is 1. The number of carbonyl (C=O) groups excluding carboxylic acids is 1. The van der Waals surface area contributed by atoms with E-state index >= 15 is 0 Å². The molecule has 1 aromatic heterocycles. The maximum absolute atomic E-state index is 11.9. The molecule has 3 aromatic rings. The van der Waals surface area contributed by atoms with Gasteiger partial charge in [0.1, 0.15) is 5.84 Å². The SMILES string of the molecule is COC(=O)c1cccc(Sc2nc(N=C(N)/C=C(\N)C3CC3)cc(-c3ccccc3)n2)c1. The highest BCUT2D eigenvalue weighted by Crippen LogP contribution is 2.34. The molecule has 0 aliphatic heterocycles. The minimum atomic E-state index is -0.399. The summed E-state index contributed by atoms with van der Waals surface area (Å²) in [7, 11) is 1.35. The Morgan fingerprint density at radius 3 is 2.59 bits per heavy atom. The Labute approximate surface area is 190 Å². The predicted molar refractivity (Wildman–Crippen MR) is 126 cm³/mol.